The van der Waals surface area contributed by atoms with E-state index in [1.165, 1.54) is 25.7 Å². The minimum atomic E-state index is 0.465. The van der Waals surface area contributed by atoms with Gasteiger partial charge in [-0.2, -0.15) is 0 Å². The molecule has 0 bridgehead atoms. The third-order valence-electron chi connectivity index (χ3n) is 3.22. The lowest BCUT2D eigenvalue weighted by atomic mass is 9.88. The summed E-state index contributed by atoms with van der Waals surface area (Å²) in [4.78, 5) is 4.04. The van der Waals surface area contributed by atoms with Crippen molar-refractivity contribution in [3.63, 3.8) is 0 Å². The van der Waals surface area contributed by atoms with Crippen LogP contribution in [0.5, 0.6) is 0 Å². The number of ether oxygens (including phenoxy) is 1. The van der Waals surface area contributed by atoms with Crippen molar-refractivity contribution in [2.75, 3.05) is 27.2 Å². The molecule has 1 aliphatic carbocycles. The lowest BCUT2D eigenvalue weighted by Crippen LogP contribution is -2.37. The van der Waals surface area contributed by atoms with Crippen LogP contribution < -0.4 is 10.6 Å². The number of hydrogen-bond acceptors (Lipinski definition) is 2. The molecule has 1 rings (SSSR count). The SMILES string of the molecule is CN=C(NC)NCCO[C@@H]1CCCC[C@H]1C. The molecule has 2 N–H and O–H groups in total. The highest BCUT2D eigenvalue weighted by Gasteiger charge is 2.21. The van der Waals surface area contributed by atoms with Crippen molar-refractivity contribution in [1.29, 1.82) is 0 Å². The number of guanidine groups is 1. The fourth-order valence-electron chi connectivity index (χ4n) is 2.19. The third-order valence-corrected chi connectivity index (χ3v) is 3.22. The summed E-state index contributed by atoms with van der Waals surface area (Å²) in [5.74, 6) is 1.54. The molecule has 4 nitrogen and oxygen atoms in total. The molecule has 0 aromatic carbocycles. The Kier molecular flexibility index (Phi) is 6.23. The standard InChI is InChI=1S/C12H25N3O/c1-10-6-4-5-7-11(10)16-9-8-15-12(13-2)14-3/h10-11H,4-9H2,1-3H3,(H2,13,14,15)/t10-,11-/m1/s1. The Balaban J connectivity index is 2.10. The molecule has 0 unspecified atom stereocenters. The molecular formula is C12H25N3O. The van der Waals surface area contributed by atoms with E-state index in [4.69, 9.17) is 4.74 Å². The maximum absolute atomic E-state index is 5.89. The van der Waals surface area contributed by atoms with Gasteiger partial charge in [0.1, 0.15) is 0 Å². The first-order chi connectivity index (χ1) is 7.77. The van der Waals surface area contributed by atoms with Gasteiger partial charge in [-0.3, -0.25) is 4.99 Å². The first-order valence-electron chi connectivity index (χ1n) is 6.28. The summed E-state index contributed by atoms with van der Waals surface area (Å²) in [7, 11) is 3.63. The summed E-state index contributed by atoms with van der Waals surface area (Å²) in [6, 6.07) is 0. The minimum Gasteiger partial charge on any atom is -0.376 e. The maximum Gasteiger partial charge on any atom is 0.190 e. The number of nitrogens with zero attached hydrogens (tertiary/aromatic N) is 1. The fourth-order valence-corrected chi connectivity index (χ4v) is 2.19. The fraction of sp³-hybridized carbons (Fsp3) is 0.917. The average molecular weight is 227 g/mol. The highest BCUT2D eigenvalue weighted by atomic mass is 16.5. The number of rotatable bonds is 4. The van der Waals surface area contributed by atoms with Crippen molar-refractivity contribution in [3.05, 3.63) is 0 Å². The molecule has 0 radical (unpaired) electrons. The molecule has 4 heteroatoms. The quantitative estimate of drug-likeness (QED) is 0.433. The van der Waals surface area contributed by atoms with Crippen molar-refractivity contribution < 1.29 is 4.74 Å². The molecule has 0 saturated heterocycles. The van der Waals surface area contributed by atoms with Gasteiger partial charge in [0.15, 0.2) is 5.96 Å². The van der Waals surface area contributed by atoms with Gasteiger partial charge in [0.25, 0.3) is 0 Å². The lowest BCUT2D eigenvalue weighted by molar-refractivity contribution is -0.00202. The first-order valence-corrected chi connectivity index (χ1v) is 6.28. The van der Waals surface area contributed by atoms with Crippen LogP contribution in [0, 0.1) is 5.92 Å². The molecule has 16 heavy (non-hydrogen) atoms. The Morgan fingerprint density at radius 2 is 2.12 bits per heavy atom. The van der Waals surface area contributed by atoms with Crippen LogP contribution in [0.2, 0.25) is 0 Å². The van der Waals surface area contributed by atoms with Crippen molar-refractivity contribution in [1.82, 2.24) is 10.6 Å². The Bertz CT molecular complexity index is 218. The molecule has 0 aliphatic heterocycles. The normalized spacial score (nSPS) is 26.6. The summed E-state index contributed by atoms with van der Waals surface area (Å²) >= 11 is 0. The zero-order chi connectivity index (χ0) is 11.8. The maximum atomic E-state index is 5.89. The van der Waals surface area contributed by atoms with Crippen LogP contribution in [0.15, 0.2) is 4.99 Å². The predicted octanol–water partition coefficient (Wildman–Crippen LogP) is 1.38. The van der Waals surface area contributed by atoms with Crippen LogP contribution >= 0.6 is 0 Å². The predicted molar refractivity (Wildman–Crippen MR) is 67.8 cm³/mol. The van der Waals surface area contributed by atoms with Crippen LogP contribution in [0.3, 0.4) is 0 Å². The average Bonchev–Trinajstić information content (AvgIpc) is 2.31. The molecule has 1 saturated carbocycles. The summed E-state index contributed by atoms with van der Waals surface area (Å²) in [6.45, 7) is 3.87. The molecule has 94 valence electrons. The number of hydrogen-bond donors (Lipinski definition) is 2. The zero-order valence-electron chi connectivity index (χ0n) is 10.8. The summed E-state index contributed by atoms with van der Waals surface area (Å²) in [5.41, 5.74) is 0. The monoisotopic (exact) mass is 227 g/mol. The van der Waals surface area contributed by atoms with Gasteiger partial charge in [-0.25, -0.2) is 0 Å². The van der Waals surface area contributed by atoms with E-state index in [0.29, 0.717) is 6.10 Å². The van der Waals surface area contributed by atoms with E-state index < -0.39 is 0 Å². The highest BCUT2D eigenvalue weighted by molar-refractivity contribution is 5.79. The number of nitrogens with one attached hydrogen (secondary N) is 2. The van der Waals surface area contributed by atoms with Crippen LogP contribution in [0.25, 0.3) is 0 Å². The molecule has 0 spiro atoms. The van der Waals surface area contributed by atoms with Crippen LogP contribution in [-0.2, 0) is 4.74 Å². The second-order valence-corrected chi connectivity index (χ2v) is 4.42. The van der Waals surface area contributed by atoms with Crippen LogP contribution in [-0.4, -0.2) is 39.3 Å². The molecule has 0 heterocycles. The van der Waals surface area contributed by atoms with Crippen LogP contribution in [0.4, 0.5) is 0 Å². The van der Waals surface area contributed by atoms with Gasteiger partial charge in [-0.15, -0.1) is 0 Å². The molecule has 2 atom stereocenters. The van der Waals surface area contributed by atoms with E-state index in [1.807, 2.05) is 7.05 Å². The van der Waals surface area contributed by atoms with Crippen molar-refractivity contribution in [2.24, 2.45) is 10.9 Å². The Morgan fingerprint density at radius 3 is 2.75 bits per heavy atom. The highest BCUT2D eigenvalue weighted by Crippen LogP contribution is 2.25. The molecule has 1 fully saturated rings. The Labute approximate surface area is 98.9 Å². The minimum absolute atomic E-state index is 0.465. The molecular weight excluding hydrogens is 202 g/mol. The van der Waals surface area contributed by atoms with Crippen molar-refractivity contribution in [2.45, 2.75) is 38.7 Å². The van der Waals surface area contributed by atoms with Gasteiger partial charge in [0, 0.05) is 20.6 Å². The van der Waals surface area contributed by atoms with E-state index >= 15 is 0 Å². The molecule has 0 aromatic heterocycles. The summed E-state index contributed by atoms with van der Waals surface area (Å²) < 4.78 is 5.89. The van der Waals surface area contributed by atoms with E-state index in [0.717, 1.165) is 25.0 Å². The Hall–Kier alpha value is -0.770. The number of aliphatic imine (C=N–C) groups is 1. The second kappa shape index (κ2) is 7.49. The summed E-state index contributed by atoms with van der Waals surface area (Å²) in [5, 5.41) is 6.17. The van der Waals surface area contributed by atoms with E-state index in [1.54, 1.807) is 7.05 Å². The van der Waals surface area contributed by atoms with E-state index in [-0.39, 0.29) is 0 Å². The van der Waals surface area contributed by atoms with Gasteiger partial charge in [-0.05, 0) is 18.8 Å². The first kappa shape index (κ1) is 13.3. The second-order valence-electron chi connectivity index (χ2n) is 4.42. The lowest BCUT2D eigenvalue weighted by Gasteiger charge is -2.28. The van der Waals surface area contributed by atoms with Crippen molar-refractivity contribution >= 4 is 5.96 Å². The summed E-state index contributed by atoms with van der Waals surface area (Å²) in [6.07, 6.45) is 5.69. The van der Waals surface area contributed by atoms with E-state index in [9.17, 15) is 0 Å². The van der Waals surface area contributed by atoms with Gasteiger partial charge < -0.3 is 15.4 Å². The van der Waals surface area contributed by atoms with Gasteiger partial charge in [-0.1, -0.05) is 19.8 Å². The topological polar surface area (TPSA) is 45.7 Å². The van der Waals surface area contributed by atoms with Crippen molar-refractivity contribution in [3.8, 4) is 0 Å². The smallest absolute Gasteiger partial charge is 0.190 e. The third kappa shape index (κ3) is 4.39. The van der Waals surface area contributed by atoms with Gasteiger partial charge in [0.2, 0.25) is 0 Å². The molecule has 0 aromatic rings. The van der Waals surface area contributed by atoms with Gasteiger partial charge in [0.05, 0.1) is 12.7 Å². The molecule has 1 aliphatic rings. The zero-order valence-corrected chi connectivity index (χ0v) is 10.8. The van der Waals surface area contributed by atoms with E-state index in [2.05, 4.69) is 22.5 Å². The Morgan fingerprint density at radius 1 is 1.38 bits per heavy atom. The van der Waals surface area contributed by atoms with Gasteiger partial charge >= 0.3 is 0 Å². The van der Waals surface area contributed by atoms with Crippen LogP contribution in [0.1, 0.15) is 32.6 Å². The largest absolute Gasteiger partial charge is 0.376 e. The molecule has 0 amide bonds.